The number of aromatic nitrogens is 2. The van der Waals surface area contributed by atoms with Crippen LogP contribution in [0.5, 0.6) is 0 Å². The number of aliphatic carboxylic acids is 1. The first kappa shape index (κ1) is 11.5. The van der Waals surface area contributed by atoms with Gasteiger partial charge in [-0.1, -0.05) is 0 Å². The van der Waals surface area contributed by atoms with Crippen molar-refractivity contribution in [3.63, 3.8) is 0 Å². The van der Waals surface area contributed by atoms with E-state index in [0.29, 0.717) is 4.88 Å². The lowest BCUT2D eigenvalue weighted by Gasteiger charge is -1.95. The van der Waals surface area contributed by atoms with Gasteiger partial charge in [-0.15, -0.1) is 11.3 Å². The van der Waals surface area contributed by atoms with E-state index >= 15 is 0 Å². The van der Waals surface area contributed by atoms with Crippen LogP contribution in [0, 0.1) is 0 Å². The van der Waals surface area contributed by atoms with E-state index < -0.39 is 5.97 Å². The first-order chi connectivity index (χ1) is 8.16. The molecule has 2 rings (SSSR count). The third kappa shape index (κ3) is 2.79. The summed E-state index contributed by atoms with van der Waals surface area (Å²) in [5, 5.41) is 13.4. The van der Waals surface area contributed by atoms with Crippen molar-refractivity contribution in [1.82, 2.24) is 9.78 Å². The summed E-state index contributed by atoms with van der Waals surface area (Å²) in [4.78, 5) is 22.6. The van der Waals surface area contributed by atoms with Crippen molar-refractivity contribution in [1.29, 1.82) is 0 Å². The molecule has 0 spiro atoms. The van der Waals surface area contributed by atoms with E-state index in [1.54, 1.807) is 35.3 Å². The summed E-state index contributed by atoms with van der Waals surface area (Å²) in [6.07, 6.45) is 3.35. The van der Waals surface area contributed by atoms with Crippen LogP contribution >= 0.6 is 11.3 Å². The monoisotopic (exact) mass is 250 g/mol. The SMILES string of the molecule is O=C(O)CCC(=O)c1ccc(-n2cccn2)s1. The lowest BCUT2D eigenvalue weighted by Crippen LogP contribution is -2.01. The molecule has 17 heavy (non-hydrogen) atoms. The summed E-state index contributed by atoms with van der Waals surface area (Å²) in [5.41, 5.74) is 0. The molecule has 0 radical (unpaired) electrons. The summed E-state index contributed by atoms with van der Waals surface area (Å²) in [6.45, 7) is 0. The summed E-state index contributed by atoms with van der Waals surface area (Å²) < 4.78 is 1.67. The Bertz CT molecular complexity index is 531. The second-order valence-electron chi connectivity index (χ2n) is 3.41. The zero-order valence-electron chi connectivity index (χ0n) is 8.87. The van der Waals surface area contributed by atoms with Crippen molar-refractivity contribution >= 4 is 23.1 Å². The molecule has 2 heterocycles. The van der Waals surface area contributed by atoms with E-state index in [2.05, 4.69) is 5.10 Å². The van der Waals surface area contributed by atoms with Gasteiger partial charge in [0.25, 0.3) is 0 Å². The molecule has 0 bridgehead atoms. The maximum Gasteiger partial charge on any atom is 0.303 e. The highest BCUT2D eigenvalue weighted by Crippen LogP contribution is 2.21. The molecule has 0 fully saturated rings. The Kier molecular flexibility index (Phi) is 3.34. The van der Waals surface area contributed by atoms with Gasteiger partial charge in [-0.25, -0.2) is 4.68 Å². The minimum Gasteiger partial charge on any atom is -0.481 e. The average molecular weight is 250 g/mol. The van der Waals surface area contributed by atoms with Crippen molar-refractivity contribution < 1.29 is 14.7 Å². The lowest BCUT2D eigenvalue weighted by atomic mass is 10.2. The summed E-state index contributed by atoms with van der Waals surface area (Å²) in [5.74, 6) is -1.10. The number of thiophene rings is 1. The fourth-order valence-corrected chi connectivity index (χ4v) is 2.26. The van der Waals surface area contributed by atoms with Crippen LogP contribution < -0.4 is 0 Å². The zero-order valence-corrected chi connectivity index (χ0v) is 9.68. The Morgan fingerprint density at radius 1 is 1.35 bits per heavy atom. The Hall–Kier alpha value is -1.95. The molecule has 0 saturated carbocycles. The molecule has 2 aromatic rings. The molecule has 1 N–H and O–H groups in total. The van der Waals surface area contributed by atoms with Crippen LogP contribution in [0.15, 0.2) is 30.6 Å². The Labute approximate surface area is 101 Å². The van der Waals surface area contributed by atoms with E-state index in [-0.39, 0.29) is 18.6 Å². The number of carboxylic acid groups (broad SMARTS) is 1. The van der Waals surface area contributed by atoms with Gasteiger partial charge in [0.2, 0.25) is 0 Å². The highest BCUT2D eigenvalue weighted by Gasteiger charge is 2.11. The number of rotatable bonds is 5. The zero-order chi connectivity index (χ0) is 12.3. The molecular weight excluding hydrogens is 240 g/mol. The Morgan fingerprint density at radius 2 is 2.18 bits per heavy atom. The molecular formula is C11H10N2O3S. The number of carbonyl (C=O) groups is 2. The van der Waals surface area contributed by atoms with Gasteiger partial charge in [0.05, 0.1) is 11.3 Å². The van der Waals surface area contributed by atoms with Crippen LogP contribution in [-0.2, 0) is 4.79 Å². The Morgan fingerprint density at radius 3 is 2.82 bits per heavy atom. The van der Waals surface area contributed by atoms with Crippen molar-refractivity contribution in [3.8, 4) is 5.00 Å². The highest BCUT2D eigenvalue weighted by atomic mass is 32.1. The van der Waals surface area contributed by atoms with E-state index in [1.807, 2.05) is 0 Å². The van der Waals surface area contributed by atoms with E-state index in [9.17, 15) is 9.59 Å². The fraction of sp³-hybridized carbons (Fsp3) is 0.182. The van der Waals surface area contributed by atoms with Gasteiger partial charge < -0.3 is 5.11 Å². The predicted octanol–water partition coefficient (Wildman–Crippen LogP) is 1.98. The number of carbonyl (C=O) groups excluding carboxylic acids is 1. The lowest BCUT2D eigenvalue weighted by molar-refractivity contribution is -0.136. The van der Waals surface area contributed by atoms with Gasteiger partial charge in [-0.05, 0) is 18.2 Å². The van der Waals surface area contributed by atoms with Crippen molar-refractivity contribution in [3.05, 3.63) is 35.5 Å². The number of carboxylic acids is 1. The molecule has 6 heteroatoms. The van der Waals surface area contributed by atoms with Gasteiger partial charge in [0, 0.05) is 18.8 Å². The van der Waals surface area contributed by atoms with Gasteiger partial charge in [0.15, 0.2) is 5.78 Å². The van der Waals surface area contributed by atoms with E-state index in [0.717, 1.165) is 5.00 Å². The predicted molar refractivity (Wildman–Crippen MR) is 62.6 cm³/mol. The molecule has 0 saturated heterocycles. The van der Waals surface area contributed by atoms with Crippen LogP contribution in [0.2, 0.25) is 0 Å². The topological polar surface area (TPSA) is 72.2 Å². The van der Waals surface area contributed by atoms with Crippen LogP contribution in [0.1, 0.15) is 22.5 Å². The molecule has 0 aliphatic rings. The van der Waals surface area contributed by atoms with Gasteiger partial charge in [0.1, 0.15) is 5.00 Å². The summed E-state index contributed by atoms with van der Waals surface area (Å²) in [7, 11) is 0. The molecule has 0 aliphatic heterocycles. The smallest absolute Gasteiger partial charge is 0.303 e. The van der Waals surface area contributed by atoms with Gasteiger partial charge in [-0.2, -0.15) is 5.10 Å². The second kappa shape index (κ2) is 4.92. The highest BCUT2D eigenvalue weighted by molar-refractivity contribution is 7.16. The number of Topliss-reactive ketones (excluding diaryl/α,β-unsaturated/α-hetero) is 1. The first-order valence-corrected chi connectivity index (χ1v) is 5.83. The van der Waals surface area contributed by atoms with Crippen LogP contribution in [0.25, 0.3) is 5.00 Å². The van der Waals surface area contributed by atoms with Crippen LogP contribution in [0.4, 0.5) is 0 Å². The summed E-state index contributed by atoms with van der Waals surface area (Å²) in [6, 6.07) is 5.29. The quantitative estimate of drug-likeness (QED) is 0.823. The number of nitrogens with zero attached hydrogens (tertiary/aromatic N) is 2. The van der Waals surface area contributed by atoms with Crippen LogP contribution in [-0.4, -0.2) is 26.6 Å². The van der Waals surface area contributed by atoms with Crippen LogP contribution in [0.3, 0.4) is 0 Å². The van der Waals surface area contributed by atoms with Gasteiger partial charge in [-0.3, -0.25) is 9.59 Å². The molecule has 0 aromatic carbocycles. The molecule has 0 atom stereocenters. The third-order valence-electron chi connectivity index (χ3n) is 2.16. The van der Waals surface area contributed by atoms with Gasteiger partial charge >= 0.3 is 5.97 Å². The molecule has 2 aromatic heterocycles. The van der Waals surface area contributed by atoms with E-state index in [1.165, 1.54) is 11.3 Å². The number of ketones is 1. The third-order valence-corrected chi connectivity index (χ3v) is 3.28. The minimum atomic E-state index is -0.956. The second-order valence-corrected chi connectivity index (χ2v) is 4.47. The summed E-state index contributed by atoms with van der Waals surface area (Å²) >= 11 is 1.31. The van der Waals surface area contributed by atoms with E-state index in [4.69, 9.17) is 5.11 Å². The normalized spacial score (nSPS) is 10.4. The number of hydrogen-bond acceptors (Lipinski definition) is 4. The molecule has 0 unspecified atom stereocenters. The maximum absolute atomic E-state index is 11.6. The van der Waals surface area contributed by atoms with Crippen molar-refractivity contribution in [2.75, 3.05) is 0 Å². The molecule has 5 nitrogen and oxygen atoms in total. The standard InChI is InChI=1S/C11H10N2O3S/c14-8(2-5-11(15)16)9-3-4-10(17-9)13-7-1-6-12-13/h1,3-4,6-7H,2,5H2,(H,15,16). The first-order valence-electron chi connectivity index (χ1n) is 5.01. The number of hydrogen-bond donors (Lipinski definition) is 1. The largest absolute Gasteiger partial charge is 0.481 e. The molecule has 0 amide bonds. The van der Waals surface area contributed by atoms with Crippen molar-refractivity contribution in [2.24, 2.45) is 0 Å². The Balaban J connectivity index is 2.08. The average Bonchev–Trinajstić information content (AvgIpc) is 2.94. The minimum absolute atomic E-state index is 0.0361. The maximum atomic E-state index is 11.6. The fourth-order valence-electron chi connectivity index (χ4n) is 1.34. The molecule has 0 aliphatic carbocycles. The van der Waals surface area contributed by atoms with Crippen molar-refractivity contribution in [2.45, 2.75) is 12.8 Å². The molecule has 88 valence electrons.